The number of ether oxygens (including phenoxy) is 4. The molecule has 8 nitrogen and oxygen atoms in total. The van der Waals surface area contributed by atoms with E-state index in [4.69, 9.17) is 18.9 Å². The lowest BCUT2D eigenvalue weighted by Gasteiger charge is -2.22. The first-order valence-electron chi connectivity index (χ1n) is 9.05. The first-order chi connectivity index (χ1) is 14.0. The summed E-state index contributed by atoms with van der Waals surface area (Å²) in [4.78, 5) is 12.1. The number of carbonyl (C=O) groups is 1. The van der Waals surface area contributed by atoms with E-state index in [1.807, 2.05) is 0 Å². The van der Waals surface area contributed by atoms with Crippen molar-refractivity contribution in [3.63, 3.8) is 0 Å². The summed E-state index contributed by atoms with van der Waals surface area (Å²) in [5.74, 6) is 0.0423. The Morgan fingerprint density at radius 1 is 1.21 bits per heavy atom. The van der Waals surface area contributed by atoms with Crippen LogP contribution < -0.4 is 4.74 Å². The van der Waals surface area contributed by atoms with E-state index in [9.17, 15) is 13.2 Å². The van der Waals surface area contributed by atoms with Crippen LogP contribution in [0.2, 0.25) is 0 Å². The molecule has 0 N–H and O–H groups in total. The van der Waals surface area contributed by atoms with Crippen LogP contribution in [0.25, 0.3) is 0 Å². The molecule has 1 aromatic carbocycles. The number of rotatable bonds is 9. The van der Waals surface area contributed by atoms with Crippen molar-refractivity contribution in [2.24, 2.45) is 0 Å². The van der Waals surface area contributed by atoms with E-state index < -0.39 is 28.8 Å². The first kappa shape index (κ1) is 21.7. The van der Waals surface area contributed by atoms with Crippen molar-refractivity contribution in [1.29, 1.82) is 0 Å². The monoisotopic (exact) mass is 441 g/mol. The normalized spacial score (nSPS) is 15.0. The number of carbonyl (C=O) groups excluding carboxylic acids is 1. The van der Waals surface area contributed by atoms with Crippen LogP contribution in [0.15, 0.2) is 39.9 Å². The molecule has 0 amide bonds. The SMILES string of the molecule is CCOC(=O)CN(Cc1ccc(OC)cc1)S(=O)(=O)c1sccc1C1OCCO1. The molecule has 2 heterocycles. The van der Waals surface area contributed by atoms with Gasteiger partial charge in [-0.2, -0.15) is 4.31 Å². The molecule has 3 rings (SSSR count). The summed E-state index contributed by atoms with van der Waals surface area (Å²) in [6, 6.07) is 8.65. The lowest BCUT2D eigenvalue weighted by Crippen LogP contribution is -2.36. The summed E-state index contributed by atoms with van der Waals surface area (Å²) in [7, 11) is -2.44. The van der Waals surface area contributed by atoms with Crippen molar-refractivity contribution in [1.82, 2.24) is 4.31 Å². The Bertz CT molecular complexity index is 918. The summed E-state index contributed by atoms with van der Waals surface area (Å²) in [6.07, 6.45) is -0.726. The third-order valence-electron chi connectivity index (χ3n) is 4.24. The molecular weight excluding hydrogens is 418 g/mol. The van der Waals surface area contributed by atoms with Gasteiger partial charge in [-0.05, 0) is 36.1 Å². The van der Waals surface area contributed by atoms with Crippen molar-refractivity contribution in [2.75, 3.05) is 33.5 Å². The Morgan fingerprint density at radius 3 is 2.52 bits per heavy atom. The molecule has 0 unspecified atom stereocenters. The van der Waals surface area contributed by atoms with Gasteiger partial charge in [0.05, 0.1) is 26.9 Å². The predicted octanol–water partition coefficient (Wildman–Crippen LogP) is 2.56. The highest BCUT2D eigenvalue weighted by atomic mass is 32.2. The highest BCUT2D eigenvalue weighted by Crippen LogP contribution is 2.35. The first-order valence-corrected chi connectivity index (χ1v) is 11.4. The third kappa shape index (κ3) is 5.14. The number of esters is 1. The topological polar surface area (TPSA) is 91.4 Å². The average molecular weight is 442 g/mol. The molecule has 158 valence electrons. The Balaban J connectivity index is 1.91. The second kappa shape index (κ2) is 9.68. The standard InChI is InChI=1S/C19H23NO7S2/c1-3-25-17(21)13-20(12-14-4-6-15(24-2)7-5-14)29(22,23)19-16(8-11-28-19)18-26-9-10-27-18/h4-8,11,18H,3,9-10,12-13H2,1-2H3. The third-order valence-corrected chi connectivity index (χ3v) is 7.52. The van der Waals surface area contributed by atoms with Crippen LogP contribution in [0.3, 0.4) is 0 Å². The molecular formula is C19H23NO7S2. The van der Waals surface area contributed by atoms with E-state index in [1.165, 1.54) is 0 Å². The number of methoxy groups -OCH3 is 1. The fourth-order valence-corrected chi connectivity index (χ4v) is 5.75. The van der Waals surface area contributed by atoms with Gasteiger partial charge in [-0.3, -0.25) is 4.79 Å². The summed E-state index contributed by atoms with van der Waals surface area (Å²) < 4.78 is 49.1. The fraction of sp³-hybridized carbons (Fsp3) is 0.421. The van der Waals surface area contributed by atoms with Crippen LogP contribution in [0.1, 0.15) is 24.3 Å². The predicted molar refractivity (Wildman–Crippen MR) is 106 cm³/mol. The molecule has 0 atom stereocenters. The van der Waals surface area contributed by atoms with E-state index in [0.717, 1.165) is 15.6 Å². The van der Waals surface area contributed by atoms with Crippen LogP contribution in [0, 0.1) is 0 Å². The summed E-state index contributed by atoms with van der Waals surface area (Å²) in [6.45, 7) is 2.26. The maximum atomic E-state index is 13.4. The number of sulfonamides is 1. The molecule has 1 aliphatic heterocycles. The van der Waals surface area contributed by atoms with Gasteiger partial charge in [0.1, 0.15) is 16.5 Å². The van der Waals surface area contributed by atoms with E-state index in [1.54, 1.807) is 49.7 Å². The fourth-order valence-electron chi connectivity index (χ4n) is 2.86. The summed E-state index contributed by atoms with van der Waals surface area (Å²) >= 11 is 1.07. The van der Waals surface area contributed by atoms with Gasteiger partial charge in [-0.1, -0.05) is 12.1 Å². The Morgan fingerprint density at radius 2 is 1.90 bits per heavy atom. The lowest BCUT2D eigenvalue weighted by molar-refractivity contribution is -0.143. The molecule has 0 radical (unpaired) electrons. The van der Waals surface area contributed by atoms with Gasteiger partial charge in [0.15, 0.2) is 6.29 Å². The molecule has 0 bridgehead atoms. The van der Waals surface area contributed by atoms with Crippen molar-refractivity contribution in [3.05, 3.63) is 46.8 Å². The van der Waals surface area contributed by atoms with Crippen molar-refractivity contribution in [2.45, 2.75) is 24.0 Å². The maximum Gasteiger partial charge on any atom is 0.321 e. The molecule has 2 aromatic rings. The molecule has 1 fully saturated rings. The zero-order valence-electron chi connectivity index (χ0n) is 16.2. The molecule has 0 saturated carbocycles. The largest absolute Gasteiger partial charge is 0.497 e. The van der Waals surface area contributed by atoms with Gasteiger partial charge in [-0.15, -0.1) is 11.3 Å². The smallest absolute Gasteiger partial charge is 0.321 e. The highest BCUT2D eigenvalue weighted by Gasteiger charge is 2.34. The van der Waals surface area contributed by atoms with Crippen LogP contribution in [0.5, 0.6) is 5.75 Å². The second-order valence-electron chi connectivity index (χ2n) is 6.16. The zero-order chi connectivity index (χ0) is 20.9. The Kier molecular flexibility index (Phi) is 7.25. The van der Waals surface area contributed by atoms with Gasteiger partial charge >= 0.3 is 5.97 Å². The zero-order valence-corrected chi connectivity index (χ0v) is 17.8. The van der Waals surface area contributed by atoms with Crippen LogP contribution >= 0.6 is 11.3 Å². The van der Waals surface area contributed by atoms with Crippen molar-refractivity contribution >= 4 is 27.3 Å². The minimum atomic E-state index is -3.99. The summed E-state index contributed by atoms with van der Waals surface area (Å²) in [5, 5.41) is 1.67. The average Bonchev–Trinajstić information content (AvgIpc) is 3.40. The summed E-state index contributed by atoms with van der Waals surface area (Å²) in [5.41, 5.74) is 1.15. The van der Waals surface area contributed by atoms with Crippen molar-refractivity contribution < 1.29 is 32.2 Å². The Labute approximate surface area is 174 Å². The number of nitrogens with zero attached hydrogens (tertiary/aromatic N) is 1. The number of hydrogen-bond acceptors (Lipinski definition) is 8. The van der Waals surface area contributed by atoms with Gasteiger partial charge in [0.25, 0.3) is 10.0 Å². The van der Waals surface area contributed by atoms with E-state index in [2.05, 4.69) is 0 Å². The quantitative estimate of drug-likeness (QED) is 0.552. The van der Waals surface area contributed by atoms with Crippen molar-refractivity contribution in [3.8, 4) is 5.75 Å². The minimum absolute atomic E-state index is 0.00879. The van der Waals surface area contributed by atoms with Gasteiger partial charge in [0.2, 0.25) is 0 Å². The van der Waals surface area contributed by atoms with Crippen LogP contribution in [-0.2, 0) is 35.6 Å². The number of thiophene rings is 1. The van der Waals surface area contributed by atoms with Gasteiger partial charge < -0.3 is 18.9 Å². The Hall–Kier alpha value is -1.98. The van der Waals surface area contributed by atoms with E-state index in [0.29, 0.717) is 30.1 Å². The lowest BCUT2D eigenvalue weighted by atomic mass is 10.2. The van der Waals surface area contributed by atoms with Crippen LogP contribution in [-0.4, -0.2) is 52.2 Å². The number of benzene rings is 1. The van der Waals surface area contributed by atoms with E-state index >= 15 is 0 Å². The van der Waals surface area contributed by atoms with E-state index in [-0.39, 0.29) is 17.4 Å². The molecule has 29 heavy (non-hydrogen) atoms. The molecule has 10 heteroatoms. The van der Waals surface area contributed by atoms with Gasteiger partial charge in [-0.25, -0.2) is 8.42 Å². The molecule has 1 saturated heterocycles. The molecule has 0 spiro atoms. The minimum Gasteiger partial charge on any atom is -0.497 e. The molecule has 0 aliphatic carbocycles. The molecule has 1 aromatic heterocycles. The maximum absolute atomic E-state index is 13.4. The molecule has 1 aliphatic rings. The number of hydrogen-bond donors (Lipinski definition) is 0. The second-order valence-corrected chi connectivity index (χ2v) is 9.21. The van der Waals surface area contributed by atoms with Crippen LogP contribution in [0.4, 0.5) is 0 Å². The highest BCUT2D eigenvalue weighted by molar-refractivity contribution is 7.91. The van der Waals surface area contributed by atoms with Gasteiger partial charge in [0, 0.05) is 12.1 Å².